The largest absolute Gasteiger partial charge is 0.383 e. The van der Waals surface area contributed by atoms with Gasteiger partial charge in [-0.05, 0) is 32.1 Å². The van der Waals surface area contributed by atoms with Crippen molar-refractivity contribution in [1.29, 1.82) is 0 Å². The number of aromatic nitrogens is 4. The maximum atomic E-state index is 6.17. The quantitative estimate of drug-likeness (QED) is 0.163. The summed E-state index contributed by atoms with van der Waals surface area (Å²) in [5.41, 5.74) is 1.50. The van der Waals surface area contributed by atoms with Crippen molar-refractivity contribution in [2.45, 2.75) is 44.3 Å². The van der Waals surface area contributed by atoms with E-state index < -0.39 is 0 Å². The van der Waals surface area contributed by atoms with Crippen LogP contribution in [0.4, 0.5) is 23.5 Å². The normalized spacial score (nSPS) is 18.1. The molecule has 2 aromatic rings. The van der Waals surface area contributed by atoms with Gasteiger partial charge in [-0.25, -0.2) is 9.97 Å². The van der Waals surface area contributed by atoms with Gasteiger partial charge in [-0.2, -0.15) is 9.97 Å². The molecule has 16 nitrogen and oxygen atoms in total. The van der Waals surface area contributed by atoms with E-state index in [9.17, 15) is 0 Å². The van der Waals surface area contributed by atoms with Gasteiger partial charge in [0.1, 0.15) is 11.0 Å². The molecule has 2 aromatic heterocycles. The molecule has 3 fully saturated rings. The van der Waals surface area contributed by atoms with E-state index in [1.165, 1.54) is 0 Å². The Morgan fingerprint density at radius 1 is 0.577 bits per heavy atom. The minimum Gasteiger partial charge on any atom is -0.383 e. The van der Waals surface area contributed by atoms with Gasteiger partial charge < -0.3 is 52.8 Å². The van der Waals surface area contributed by atoms with Crippen LogP contribution in [0.15, 0.2) is 0 Å². The smallest absolute Gasteiger partial charge is 0.228 e. The van der Waals surface area contributed by atoms with E-state index in [-0.39, 0.29) is 12.2 Å². The summed E-state index contributed by atoms with van der Waals surface area (Å²) >= 11 is 0. The third kappa shape index (κ3) is 11.4. The van der Waals surface area contributed by atoms with Gasteiger partial charge in [0.05, 0.1) is 51.8 Å². The lowest BCUT2D eigenvalue weighted by molar-refractivity contribution is 0.0322. The number of hydrogen-bond acceptors (Lipinski definition) is 16. The van der Waals surface area contributed by atoms with E-state index in [2.05, 4.69) is 24.5 Å². The number of hydrogen-bond donors (Lipinski definition) is 0. The highest BCUT2D eigenvalue weighted by molar-refractivity contribution is 5.95. The first-order valence-corrected chi connectivity index (χ1v) is 19.1. The fourth-order valence-corrected chi connectivity index (χ4v) is 7.01. The molecule has 3 aliphatic heterocycles. The molecule has 0 N–H and O–H groups in total. The van der Waals surface area contributed by atoms with Gasteiger partial charge in [0.15, 0.2) is 11.6 Å². The molecule has 0 spiro atoms. The van der Waals surface area contributed by atoms with Crippen molar-refractivity contribution in [3.05, 3.63) is 0 Å². The van der Waals surface area contributed by atoms with E-state index in [4.69, 9.17) is 53.1 Å². The van der Waals surface area contributed by atoms with Gasteiger partial charge in [0.2, 0.25) is 11.9 Å². The number of anilines is 4. The van der Waals surface area contributed by atoms with Crippen LogP contribution in [0.2, 0.25) is 0 Å². The number of piperidine rings is 2. The number of rotatable bonds is 22. The molecule has 0 unspecified atom stereocenters. The van der Waals surface area contributed by atoms with Gasteiger partial charge in [-0.1, -0.05) is 0 Å². The molecule has 5 heterocycles. The SMILES string of the molecule is COCCN(CCOC)c1nc(N2CCC(OC)CC2)c2nc(N(CCOC)CCOCCCN3CCOCC3)nc(N3CCC(OC)CC3)c2n1. The summed E-state index contributed by atoms with van der Waals surface area (Å²) in [4.78, 5) is 32.6. The molecule has 294 valence electrons. The first kappa shape index (κ1) is 40.5. The van der Waals surface area contributed by atoms with Crippen molar-refractivity contribution in [2.24, 2.45) is 0 Å². The average Bonchev–Trinajstić information content (AvgIpc) is 3.20. The minimum atomic E-state index is 0.226. The number of nitrogens with zero attached hydrogens (tertiary/aromatic N) is 9. The molecule has 0 bridgehead atoms. The molecule has 16 heteroatoms. The summed E-state index contributed by atoms with van der Waals surface area (Å²) in [7, 11) is 8.74. The van der Waals surface area contributed by atoms with Crippen molar-refractivity contribution in [1.82, 2.24) is 24.8 Å². The second kappa shape index (κ2) is 21.9. The van der Waals surface area contributed by atoms with Crippen LogP contribution in [0.1, 0.15) is 32.1 Å². The van der Waals surface area contributed by atoms with Gasteiger partial charge >= 0.3 is 0 Å². The predicted octanol–water partition coefficient (Wildman–Crippen LogP) is 1.94. The third-order valence-corrected chi connectivity index (χ3v) is 10.3. The lowest BCUT2D eigenvalue weighted by Crippen LogP contribution is -2.40. The fraction of sp³-hybridized carbons (Fsp3) is 0.833. The summed E-state index contributed by atoms with van der Waals surface area (Å²) in [6.07, 6.45) is 5.08. The molecule has 0 radical (unpaired) electrons. The van der Waals surface area contributed by atoms with Crippen LogP contribution < -0.4 is 19.6 Å². The van der Waals surface area contributed by atoms with Crippen LogP contribution in [0, 0.1) is 0 Å². The average molecular weight is 734 g/mol. The van der Waals surface area contributed by atoms with E-state index in [0.29, 0.717) is 71.1 Å². The van der Waals surface area contributed by atoms with Crippen LogP contribution in [-0.2, 0) is 33.2 Å². The molecule has 52 heavy (non-hydrogen) atoms. The van der Waals surface area contributed by atoms with E-state index in [0.717, 1.165) is 114 Å². The zero-order valence-corrected chi connectivity index (χ0v) is 32.3. The van der Waals surface area contributed by atoms with E-state index in [1.54, 1.807) is 35.5 Å². The van der Waals surface area contributed by atoms with Crippen molar-refractivity contribution in [3.63, 3.8) is 0 Å². The summed E-state index contributed by atoms with van der Waals surface area (Å²) < 4.78 is 39.7. The van der Waals surface area contributed by atoms with Crippen molar-refractivity contribution < 1.29 is 33.2 Å². The Balaban J connectivity index is 1.50. The molecule has 0 amide bonds. The lowest BCUT2D eigenvalue weighted by Gasteiger charge is -2.35. The first-order chi connectivity index (χ1) is 25.6. The summed E-state index contributed by atoms with van der Waals surface area (Å²) in [6, 6.07) is 0. The maximum absolute atomic E-state index is 6.17. The first-order valence-electron chi connectivity index (χ1n) is 19.1. The molecule has 5 rings (SSSR count). The Bertz CT molecular complexity index is 1300. The van der Waals surface area contributed by atoms with Crippen LogP contribution in [-0.4, -0.2) is 191 Å². The Labute approximate surface area is 310 Å². The second-order valence-electron chi connectivity index (χ2n) is 13.6. The zero-order chi connectivity index (χ0) is 36.5. The third-order valence-electron chi connectivity index (χ3n) is 10.3. The molecular weight excluding hydrogens is 670 g/mol. The minimum absolute atomic E-state index is 0.226. The van der Waals surface area contributed by atoms with Crippen LogP contribution >= 0.6 is 0 Å². The van der Waals surface area contributed by atoms with Crippen molar-refractivity contribution in [3.8, 4) is 0 Å². The van der Waals surface area contributed by atoms with E-state index >= 15 is 0 Å². The predicted molar refractivity (Wildman–Crippen MR) is 202 cm³/mol. The fourth-order valence-electron chi connectivity index (χ4n) is 7.01. The second-order valence-corrected chi connectivity index (χ2v) is 13.6. The van der Waals surface area contributed by atoms with Gasteiger partial charge in [0.25, 0.3) is 0 Å². The van der Waals surface area contributed by atoms with Crippen LogP contribution in [0.25, 0.3) is 11.0 Å². The molecule has 3 aliphatic rings. The highest BCUT2D eigenvalue weighted by Crippen LogP contribution is 2.35. The van der Waals surface area contributed by atoms with Gasteiger partial charge in [0, 0.05) is 114 Å². The lowest BCUT2D eigenvalue weighted by atomic mass is 10.1. The molecule has 3 saturated heterocycles. The Morgan fingerprint density at radius 3 is 1.44 bits per heavy atom. The monoisotopic (exact) mass is 733 g/mol. The maximum Gasteiger partial charge on any atom is 0.228 e. The Kier molecular flexibility index (Phi) is 17.0. The topological polar surface area (TPSA) is 132 Å². The highest BCUT2D eigenvalue weighted by Gasteiger charge is 2.30. The molecule has 0 saturated carbocycles. The van der Waals surface area contributed by atoms with Gasteiger partial charge in [-0.3, -0.25) is 4.90 Å². The van der Waals surface area contributed by atoms with Crippen molar-refractivity contribution >= 4 is 34.6 Å². The molecular formula is C36H63N9O7. The highest BCUT2D eigenvalue weighted by atomic mass is 16.5. The molecule has 0 aromatic carbocycles. The van der Waals surface area contributed by atoms with Crippen molar-refractivity contribution in [2.75, 3.05) is 173 Å². The standard InChI is InChI=1S/C36H63N9O7/c1-46-23-18-44(19-24-47-2)35-37-31-32(33(39-35)42-12-7-29(49-4)8-13-42)38-36(40-34(31)43-14-9-30(50-5)10-15-43)45(20-25-48-3)21-28-51-22-6-11-41-16-26-52-27-17-41/h29-30H,6-28H2,1-5H3. The summed E-state index contributed by atoms with van der Waals surface area (Å²) in [5, 5.41) is 0. The molecule has 0 aliphatic carbocycles. The number of morpholine rings is 1. The van der Waals surface area contributed by atoms with Crippen LogP contribution in [0.5, 0.6) is 0 Å². The molecule has 0 atom stereocenters. The summed E-state index contributed by atoms with van der Waals surface area (Å²) in [5.74, 6) is 2.89. The zero-order valence-electron chi connectivity index (χ0n) is 32.3. The number of fused-ring (bicyclic) bond motifs is 1. The number of methoxy groups -OCH3 is 5. The summed E-state index contributed by atoms with van der Waals surface area (Å²) in [6.45, 7) is 13.2. The number of ether oxygens (including phenoxy) is 7. The van der Waals surface area contributed by atoms with Crippen LogP contribution in [0.3, 0.4) is 0 Å². The Hall–Kier alpha value is -2.70. The Morgan fingerprint density at radius 2 is 1.02 bits per heavy atom. The van der Waals surface area contributed by atoms with Gasteiger partial charge in [-0.15, -0.1) is 0 Å². The van der Waals surface area contributed by atoms with E-state index in [1.807, 2.05) is 0 Å².